The number of aliphatic hydroxyl groups excluding tert-OH is 2. The summed E-state index contributed by atoms with van der Waals surface area (Å²) in [5, 5.41) is 33.3. The highest BCUT2D eigenvalue weighted by Gasteiger charge is 2.62. The molecular weight excluding hydrogens is 414 g/mol. The number of nitrogens with zero attached hydrogens (tertiary/aromatic N) is 1. The van der Waals surface area contributed by atoms with E-state index in [-0.39, 0.29) is 59.0 Å². The van der Waals surface area contributed by atoms with Gasteiger partial charge in [0, 0.05) is 18.5 Å². The van der Waals surface area contributed by atoms with Gasteiger partial charge in [0.1, 0.15) is 0 Å². The number of aliphatic hydroxyl groups is 3. The second-order valence-corrected chi connectivity index (χ2v) is 13.1. The predicted octanol–water partition coefficient (Wildman–Crippen LogP) is 3.41. The fraction of sp³-hybridized carbons (Fsp3) is 0.893. The molecule has 3 saturated carbocycles. The van der Waals surface area contributed by atoms with Crippen LogP contribution in [0.15, 0.2) is 11.6 Å². The van der Waals surface area contributed by atoms with Crippen LogP contribution in [0.4, 0.5) is 0 Å². The standard InChI is InChI=1S/C28H45NO4/c1-15-10-25(32)26(29(5)14-15)16(2)20-7-6-18-19-12-24(31)23-11-17(30)8-9-27(23,3)21(19)13-22(18)28(20,4)33/h12,15-18,20-23,25-26,30,32-33H,6-11,13-14H2,1-5H3/t15-,16-,17+,18+,20-,21+,22-,23-,25-,26+,27-,28-/m1/s1. The lowest BCUT2D eigenvalue weighted by Gasteiger charge is -2.52. The van der Waals surface area contributed by atoms with Crippen LogP contribution < -0.4 is 0 Å². The maximum absolute atomic E-state index is 13.2. The lowest BCUT2D eigenvalue weighted by Crippen LogP contribution is -2.58. The summed E-state index contributed by atoms with van der Waals surface area (Å²) in [6.45, 7) is 9.77. The highest BCUT2D eigenvalue weighted by molar-refractivity contribution is 5.94. The molecule has 0 aromatic carbocycles. The lowest BCUT2D eigenvalue weighted by atomic mass is 9.55. The van der Waals surface area contributed by atoms with Gasteiger partial charge in [-0.15, -0.1) is 0 Å². The van der Waals surface area contributed by atoms with Gasteiger partial charge in [-0.3, -0.25) is 4.79 Å². The molecule has 12 atom stereocenters. The van der Waals surface area contributed by atoms with Gasteiger partial charge in [0.05, 0.1) is 17.8 Å². The molecule has 1 aliphatic heterocycles. The number of likely N-dealkylation sites (tertiary alicyclic amines) is 1. The number of rotatable bonds is 2. The van der Waals surface area contributed by atoms with Crippen LogP contribution in [-0.2, 0) is 4.79 Å². The largest absolute Gasteiger partial charge is 0.393 e. The third-order valence-corrected chi connectivity index (χ3v) is 11.2. The number of ketones is 1. The number of allylic oxidation sites excluding steroid dienone is 2. The number of carbonyl (C=O) groups excluding carboxylic acids is 1. The SMILES string of the molecule is C[C@@H]1C[C@@H](O)[C@H]([C@H](C)[C@H]2CC[C@H]3C4=CC(=O)[C@H]5C[C@@H](O)CC[C@]5(C)[C@H]4C[C@H]3[C@]2(C)O)N(C)C1. The Hall–Kier alpha value is -0.750. The molecule has 0 aromatic heterocycles. The van der Waals surface area contributed by atoms with Crippen molar-refractivity contribution < 1.29 is 20.1 Å². The summed E-state index contributed by atoms with van der Waals surface area (Å²) >= 11 is 0. The van der Waals surface area contributed by atoms with E-state index in [1.54, 1.807) is 0 Å². The molecule has 1 saturated heterocycles. The van der Waals surface area contributed by atoms with Crippen molar-refractivity contribution in [2.24, 2.45) is 46.8 Å². The molecule has 5 aliphatic rings. The molecule has 0 bridgehead atoms. The summed E-state index contributed by atoms with van der Waals surface area (Å²) in [5.74, 6) is 1.76. The van der Waals surface area contributed by atoms with Gasteiger partial charge in [-0.2, -0.15) is 0 Å². The van der Waals surface area contributed by atoms with E-state index in [9.17, 15) is 20.1 Å². The Morgan fingerprint density at radius 1 is 1.09 bits per heavy atom. The molecule has 5 rings (SSSR count). The van der Waals surface area contributed by atoms with Gasteiger partial charge < -0.3 is 20.2 Å². The molecule has 186 valence electrons. The van der Waals surface area contributed by atoms with Crippen molar-refractivity contribution >= 4 is 5.78 Å². The first-order valence-electron chi connectivity index (χ1n) is 13.5. The molecule has 0 amide bonds. The van der Waals surface area contributed by atoms with E-state index < -0.39 is 5.60 Å². The maximum atomic E-state index is 13.2. The molecular formula is C28H45NO4. The van der Waals surface area contributed by atoms with Crippen molar-refractivity contribution in [1.82, 2.24) is 4.90 Å². The first kappa shape index (κ1) is 24.0. The zero-order valence-corrected chi connectivity index (χ0v) is 21.2. The van der Waals surface area contributed by atoms with Crippen molar-refractivity contribution in [2.45, 2.75) is 96.5 Å². The Bertz CT molecular complexity index is 811. The van der Waals surface area contributed by atoms with Gasteiger partial charge in [-0.1, -0.05) is 26.3 Å². The first-order valence-corrected chi connectivity index (χ1v) is 13.5. The van der Waals surface area contributed by atoms with Gasteiger partial charge in [0.2, 0.25) is 0 Å². The van der Waals surface area contributed by atoms with E-state index in [4.69, 9.17) is 0 Å². The van der Waals surface area contributed by atoms with Crippen LogP contribution in [0.3, 0.4) is 0 Å². The van der Waals surface area contributed by atoms with Crippen molar-refractivity contribution in [3.63, 3.8) is 0 Å². The van der Waals surface area contributed by atoms with Crippen LogP contribution in [0.25, 0.3) is 0 Å². The summed E-state index contributed by atoms with van der Waals surface area (Å²) in [6.07, 6.45) is 7.24. The molecule has 0 radical (unpaired) electrons. The van der Waals surface area contributed by atoms with Gasteiger partial charge in [-0.05, 0) is 106 Å². The normalized spacial score (nSPS) is 53.6. The molecule has 4 fully saturated rings. The Morgan fingerprint density at radius 3 is 2.52 bits per heavy atom. The zero-order valence-electron chi connectivity index (χ0n) is 21.2. The zero-order chi connectivity index (χ0) is 23.9. The molecule has 4 aliphatic carbocycles. The van der Waals surface area contributed by atoms with Crippen LogP contribution in [-0.4, -0.2) is 63.4 Å². The molecule has 3 N–H and O–H groups in total. The van der Waals surface area contributed by atoms with E-state index in [0.717, 1.165) is 45.1 Å². The van der Waals surface area contributed by atoms with Crippen LogP contribution in [0.5, 0.6) is 0 Å². The fourth-order valence-corrected chi connectivity index (χ4v) is 9.60. The predicted molar refractivity (Wildman–Crippen MR) is 128 cm³/mol. The second kappa shape index (κ2) is 8.15. The minimum atomic E-state index is -0.812. The lowest BCUT2D eigenvalue weighted by molar-refractivity contribution is -0.135. The van der Waals surface area contributed by atoms with Crippen LogP contribution >= 0.6 is 0 Å². The fourth-order valence-electron chi connectivity index (χ4n) is 9.60. The molecule has 0 aromatic rings. The summed E-state index contributed by atoms with van der Waals surface area (Å²) in [7, 11) is 2.12. The Kier molecular flexibility index (Phi) is 5.92. The average Bonchev–Trinajstić information content (AvgIpc) is 3.09. The monoisotopic (exact) mass is 459 g/mol. The van der Waals surface area contributed by atoms with E-state index in [1.807, 2.05) is 13.0 Å². The van der Waals surface area contributed by atoms with Gasteiger partial charge >= 0.3 is 0 Å². The topological polar surface area (TPSA) is 81.0 Å². The average molecular weight is 460 g/mol. The van der Waals surface area contributed by atoms with Crippen molar-refractivity contribution in [2.75, 3.05) is 13.6 Å². The highest BCUT2D eigenvalue weighted by atomic mass is 16.3. The molecule has 5 nitrogen and oxygen atoms in total. The minimum absolute atomic E-state index is 0.0807. The van der Waals surface area contributed by atoms with Gasteiger partial charge in [0.25, 0.3) is 0 Å². The smallest absolute Gasteiger partial charge is 0.159 e. The number of hydrogen-bond acceptors (Lipinski definition) is 5. The molecule has 1 heterocycles. The third-order valence-electron chi connectivity index (χ3n) is 11.2. The highest BCUT2D eigenvalue weighted by Crippen LogP contribution is 2.64. The van der Waals surface area contributed by atoms with Crippen molar-refractivity contribution in [1.29, 1.82) is 0 Å². The number of fused-ring (bicyclic) bond motifs is 5. The minimum Gasteiger partial charge on any atom is -0.393 e. The van der Waals surface area contributed by atoms with E-state index in [0.29, 0.717) is 18.3 Å². The summed E-state index contributed by atoms with van der Waals surface area (Å²) in [5.41, 5.74) is 0.396. The van der Waals surface area contributed by atoms with E-state index >= 15 is 0 Å². The molecule has 0 spiro atoms. The first-order chi connectivity index (χ1) is 15.4. The number of piperidine rings is 1. The molecule has 5 heteroatoms. The summed E-state index contributed by atoms with van der Waals surface area (Å²) in [6, 6.07) is 0.0837. The summed E-state index contributed by atoms with van der Waals surface area (Å²) in [4.78, 5) is 15.5. The number of carbonyl (C=O) groups is 1. The molecule has 33 heavy (non-hydrogen) atoms. The molecule has 0 unspecified atom stereocenters. The number of likely N-dealkylation sites (N-methyl/N-ethyl adjacent to an activating group) is 1. The quantitative estimate of drug-likeness (QED) is 0.590. The van der Waals surface area contributed by atoms with E-state index in [2.05, 4.69) is 32.7 Å². The number of hydrogen-bond donors (Lipinski definition) is 3. The van der Waals surface area contributed by atoms with Gasteiger partial charge in [-0.25, -0.2) is 0 Å². The second-order valence-electron chi connectivity index (χ2n) is 13.1. The Morgan fingerprint density at radius 2 is 1.82 bits per heavy atom. The van der Waals surface area contributed by atoms with Gasteiger partial charge in [0.15, 0.2) is 5.78 Å². The summed E-state index contributed by atoms with van der Waals surface area (Å²) < 4.78 is 0. The van der Waals surface area contributed by atoms with Crippen molar-refractivity contribution in [3.8, 4) is 0 Å². The van der Waals surface area contributed by atoms with Crippen LogP contribution in [0.1, 0.15) is 72.6 Å². The third kappa shape index (κ3) is 3.59. The van der Waals surface area contributed by atoms with Crippen molar-refractivity contribution in [3.05, 3.63) is 11.6 Å². The van der Waals surface area contributed by atoms with Crippen LogP contribution in [0, 0.1) is 46.8 Å². The van der Waals surface area contributed by atoms with Crippen LogP contribution in [0.2, 0.25) is 0 Å². The Labute approximate surface area is 199 Å². The maximum Gasteiger partial charge on any atom is 0.159 e. The Balaban J connectivity index is 1.41. The van der Waals surface area contributed by atoms with E-state index in [1.165, 1.54) is 5.57 Å².